The molecule has 164 valence electrons. The van der Waals surface area contributed by atoms with E-state index in [1.807, 2.05) is 0 Å². The van der Waals surface area contributed by atoms with Gasteiger partial charge in [0.1, 0.15) is 0 Å². The largest absolute Gasteiger partial charge is 0.393 e. The van der Waals surface area contributed by atoms with Crippen LogP contribution in [0.5, 0.6) is 0 Å². The molecular weight excluding hydrogens is 352 g/mol. The Labute approximate surface area is 180 Å². The van der Waals surface area contributed by atoms with Crippen molar-refractivity contribution in [2.45, 2.75) is 117 Å². The van der Waals surface area contributed by atoms with E-state index in [2.05, 4.69) is 33.8 Å². The Bertz CT molecular complexity index is 657. The first-order valence-corrected chi connectivity index (χ1v) is 13.2. The smallest absolute Gasteiger partial charge is 0.0577 e. The molecule has 0 bridgehead atoms. The van der Waals surface area contributed by atoms with Crippen molar-refractivity contribution in [1.29, 1.82) is 0 Å². The molecule has 0 amide bonds. The van der Waals surface area contributed by atoms with Crippen LogP contribution in [0, 0.1) is 45.8 Å². The Kier molecular flexibility index (Phi) is 5.05. The maximum atomic E-state index is 10.2. The van der Waals surface area contributed by atoms with Crippen molar-refractivity contribution >= 4 is 0 Å². The number of hydrogen-bond acceptors (Lipinski definition) is 1. The molecule has 5 aliphatic rings. The second-order valence-electron chi connectivity index (χ2n) is 12.9. The molecule has 7 atom stereocenters. The second-order valence-corrected chi connectivity index (χ2v) is 12.9. The summed E-state index contributed by atoms with van der Waals surface area (Å²) in [6.45, 7) is 10.2. The van der Waals surface area contributed by atoms with Crippen LogP contribution in [0.2, 0.25) is 0 Å². The third-order valence-electron chi connectivity index (χ3n) is 11.6. The van der Waals surface area contributed by atoms with E-state index in [1.165, 1.54) is 70.6 Å². The Morgan fingerprint density at radius 3 is 2.52 bits per heavy atom. The van der Waals surface area contributed by atoms with Crippen molar-refractivity contribution in [2.75, 3.05) is 0 Å². The van der Waals surface area contributed by atoms with Crippen molar-refractivity contribution in [3.63, 3.8) is 0 Å². The van der Waals surface area contributed by atoms with E-state index in [9.17, 15) is 5.11 Å². The van der Waals surface area contributed by atoms with Gasteiger partial charge in [-0.15, -0.1) is 0 Å². The average molecular weight is 399 g/mol. The fourth-order valence-corrected chi connectivity index (χ4v) is 9.20. The summed E-state index contributed by atoms with van der Waals surface area (Å²) in [5.74, 6) is 4.66. The van der Waals surface area contributed by atoms with Crippen LogP contribution in [0.3, 0.4) is 0 Å². The van der Waals surface area contributed by atoms with Crippen LogP contribution < -0.4 is 0 Å². The van der Waals surface area contributed by atoms with E-state index >= 15 is 0 Å². The predicted octanol–water partition coefficient (Wildman–Crippen LogP) is 7.53. The van der Waals surface area contributed by atoms with Gasteiger partial charge in [-0.3, -0.25) is 0 Å². The van der Waals surface area contributed by atoms with E-state index in [1.54, 1.807) is 5.57 Å². The van der Waals surface area contributed by atoms with Gasteiger partial charge in [0.2, 0.25) is 0 Å². The van der Waals surface area contributed by atoms with Crippen molar-refractivity contribution < 1.29 is 5.11 Å². The molecule has 1 N–H and O–H groups in total. The summed E-state index contributed by atoms with van der Waals surface area (Å²) in [5.41, 5.74) is 3.38. The zero-order chi connectivity index (χ0) is 20.4. The van der Waals surface area contributed by atoms with Crippen LogP contribution in [0.4, 0.5) is 0 Å². The molecule has 0 saturated heterocycles. The number of rotatable bonds is 5. The molecule has 0 aliphatic heterocycles. The summed E-state index contributed by atoms with van der Waals surface area (Å²) in [5, 5.41) is 10.2. The molecule has 5 rings (SSSR count). The highest BCUT2D eigenvalue weighted by molar-refractivity contribution is 5.25. The topological polar surface area (TPSA) is 20.2 Å². The van der Waals surface area contributed by atoms with Crippen LogP contribution in [-0.4, -0.2) is 11.2 Å². The Morgan fingerprint density at radius 2 is 1.79 bits per heavy atom. The molecule has 4 fully saturated rings. The highest BCUT2D eigenvalue weighted by atomic mass is 16.3. The van der Waals surface area contributed by atoms with E-state index in [4.69, 9.17) is 0 Å². The molecule has 1 nitrogen and oxygen atoms in total. The number of aliphatic hydroxyl groups is 1. The monoisotopic (exact) mass is 398 g/mol. The van der Waals surface area contributed by atoms with Crippen molar-refractivity contribution in [3.05, 3.63) is 11.6 Å². The van der Waals surface area contributed by atoms with E-state index in [0.29, 0.717) is 10.8 Å². The molecule has 0 aromatic rings. The Morgan fingerprint density at radius 1 is 1.00 bits per heavy atom. The maximum Gasteiger partial charge on any atom is 0.0577 e. The van der Waals surface area contributed by atoms with Gasteiger partial charge in [-0.1, -0.05) is 45.8 Å². The van der Waals surface area contributed by atoms with Crippen LogP contribution in [0.1, 0.15) is 111 Å². The van der Waals surface area contributed by atoms with Gasteiger partial charge >= 0.3 is 0 Å². The summed E-state index contributed by atoms with van der Waals surface area (Å²) >= 11 is 0. The standard InChI is InChI=1S/C28H46O/c1-19(2)28(16-17-28)13-5-6-20-8-10-24-23-9-7-21-18-22(29)11-14-27(21,4)25(23)12-15-26(20,24)3/h7,19-20,22-25,29H,5-6,8-18H2,1-4H3/t20-,22-,23-,24-,25-,26+,27-/m0/s1. The van der Waals surface area contributed by atoms with Gasteiger partial charge in [0.25, 0.3) is 0 Å². The van der Waals surface area contributed by atoms with Gasteiger partial charge < -0.3 is 5.11 Å². The van der Waals surface area contributed by atoms with E-state index < -0.39 is 0 Å². The van der Waals surface area contributed by atoms with E-state index in [-0.39, 0.29) is 6.10 Å². The molecule has 0 unspecified atom stereocenters. The summed E-state index contributed by atoms with van der Waals surface area (Å²) in [4.78, 5) is 0. The van der Waals surface area contributed by atoms with E-state index in [0.717, 1.165) is 47.8 Å². The SMILES string of the molecule is CC(C)C1(CCC[C@H]2CC[C@H]3[C@@H]4CC=C5C[C@@H](O)CC[C@]5(C)[C@H]4CC[C@]23C)CC1. The van der Waals surface area contributed by atoms with Gasteiger partial charge in [0.05, 0.1) is 6.10 Å². The lowest BCUT2D eigenvalue weighted by Crippen LogP contribution is -2.50. The quantitative estimate of drug-likeness (QED) is 0.474. The zero-order valence-corrected chi connectivity index (χ0v) is 19.7. The van der Waals surface area contributed by atoms with Gasteiger partial charge in [0, 0.05) is 0 Å². The van der Waals surface area contributed by atoms with Crippen molar-refractivity contribution in [2.24, 2.45) is 45.8 Å². The van der Waals surface area contributed by atoms with Crippen LogP contribution in [0.15, 0.2) is 11.6 Å². The van der Waals surface area contributed by atoms with Crippen LogP contribution in [-0.2, 0) is 0 Å². The summed E-state index contributed by atoms with van der Waals surface area (Å²) in [6, 6.07) is 0. The first kappa shape index (κ1) is 20.6. The molecule has 1 heteroatoms. The molecule has 0 aromatic heterocycles. The Balaban J connectivity index is 1.27. The van der Waals surface area contributed by atoms with Gasteiger partial charge in [0.15, 0.2) is 0 Å². The maximum absolute atomic E-state index is 10.2. The number of hydrogen-bond donors (Lipinski definition) is 1. The molecule has 0 radical (unpaired) electrons. The molecule has 29 heavy (non-hydrogen) atoms. The minimum Gasteiger partial charge on any atom is -0.393 e. The predicted molar refractivity (Wildman–Crippen MR) is 122 cm³/mol. The van der Waals surface area contributed by atoms with Crippen molar-refractivity contribution in [3.8, 4) is 0 Å². The zero-order valence-electron chi connectivity index (χ0n) is 19.7. The van der Waals surface area contributed by atoms with Gasteiger partial charge in [-0.2, -0.15) is 0 Å². The minimum atomic E-state index is -0.0730. The number of aliphatic hydroxyl groups excluding tert-OH is 1. The highest BCUT2D eigenvalue weighted by Crippen LogP contribution is 2.67. The fourth-order valence-electron chi connectivity index (χ4n) is 9.20. The molecule has 0 heterocycles. The molecule has 0 aromatic carbocycles. The first-order valence-electron chi connectivity index (χ1n) is 13.2. The average Bonchev–Trinajstić information content (AvgIpc) is 3.40. The molecule has 0 spiro atoms. The number of allylic oxidation sites excluding steroid dienone is 1. The molecule has 5 aliphatic carbocycles. The second kappa shape index (κ2) is 7.11. The van der Waals surface area contributed by atoms with Crippen LogP contribution in [0.25, 0.3) is 0 Å². The van der Waals surface area contributed by atoms with Gasteiger partial charge in [-0.25, -0.2) is 0 Å². The lowest BCUT2D eigenvalue weighted by Gasteiger charge is -2.58. The minimum absolute atomic E-state index is 0.0730. The van der Waals surface area contributed by atoms with Crippen LogP contribution >= 0.6 is 0 Å². The summed E-state index contributed by atoms with van der Waals surface area (Å²) < 4.78 is 0. The Hall–Kier alpha value is -0.300. The lowest BCUT2D eigenvalue weighted by molar-refractivity contribution is -0.0510. The number of fused-ring (bicyclic) bond motifs is 5. The third-order valence-corrected chi connectivity index (χ3v) is 11.6. The fraction of sp³-hybridized carbons (Fsp3) is 0.929. The lowest BCUT2D eigenvalue weighted by atomic mass is 9.47. The van der Waals surface area contributed by atoms with Crippen molar-refractivity contribution in [1.82, 2.24) is 0 Å². The van der Waals surface area contributed by atoms with Gasteiger partial charge in [-0.05, 0) is 123 Å². The highest BCUT2D eigenvalue weighted by Gasteiger charge is 2.58. The third kappa shape index (κ3) is 3.19. The summed E-state index contributed by atoms with van der Waals surface area (Å²) in [6.07, 6.45) is 20.5. The normalized spacial score (nSPS) is 47.9. The molecular formula is C28H46O. The molecule has 4 saturated carbocycles. The first-order chi connectivity index (χ1) is 13.8. The summed E-state index contributed by atoms with van der Waals surface area (Å²) in [7, 11) is 0.